The van der Waals surface area contributed by atoms with E-state index in [1.807, 2.05) is 0 Å². The van der Waals surface area contributed by atoms with Gasteiger partial charge < -0.3 is 24.8 Å². The number of halogens is 2. The Morgan fingerprint density at radius 2 is 1.95 bits per heavy atom. The molecule has 0 saturated heterocycles. The fraction of sp³-hybridized carbons (Fsp3) is 0.529. The fourth-order valence-electron chi connectivity index (χ4n) is 3.43. The van der Waals surface area contributed by atoms with Gasteiger partial charge in [0.15, 0.2) is 0 Å². The number of allylic oxidation sites excluding steroid dienone is 6. The first kappa shape index (κ1) is 22.4. The summed E-state index contributed by atoms with van der Waals surface area (Å²) in [4.78, 5) is 0. The van der Waals surface area contributed by atoms with Crippen LogP contribution in [-0.2, 0) is 25.2 Å². The van der Waals surface area contributed by atoms with E-state index < -0.39 is 8.07 Å². The van der Waals surface area contributed by atoms with Crippen molar-refractivity contribution < 1.29 is 50.0 Å². The summed E-state index contributed by atoms with van der Waals surface area (Å²) in [5.74, 6) is 0. The zero-order chi connectivity index (χ0) is 14.8. The van der Waals surface area contributed by atoms with Gasteiger partial charge in [0.2, 0.25) is 0 Å². The molecule has 0 aromatic rings. The van der Waals surface area contributed by atoms with E-state index in [1.165, 1.54) is 5.57 Å². The number of hydrogen-bond acceptors (Lipinski definition) is 1. The summed E-state index contributed by atoms with van der Waals surface area (Å²) < 4.78 is 8.08. The average Bonchev–Trinajstić information content (AvgIpc) is 2.85. The average molecular weight is 392 g/mol. The molecule has 0 N–H and O–H groups in total. The van der Waals surface area contributed by atoms with Crippen LogP contribution in [0.25, 0.3) is 0 Å². The molecule has 1 nitrogen and oxygen atoms in total. The van der Waals surface area contributed by atoms with E-state index in [0.717, 1.165) is 25.9 Å². The van der Waals surface area contributed by atoms with E-state index in [0.29, 0.717) is 0 Å². The third kappa shape index (κ3) is 3.91. The molecular weight excluding hydrogens is 367 g/mol. The van der Waals surface area contributed by atoms with Crippen LogP contribution < -0.4 is 24.8 Å². The van der Waals surface area contributed by atoms with Crippen LogP contribution in [0.2, 0.25) is 13.1 Å². The minimum atomic E-state index is -1.73. The second-order valence-electron chi connectivity index (χ2n) is 6.28. The predicted molar refractivity (Wildman–Crippen MR) is 84.8 cm³/mol. The molecule has 0 heterocycles. The molecule has 1 unspecified atom stereocenters. The Morgan fingerprint density at radius 3 is 2.45 bits per heavy atom. The summed E-state index contributed by atoms with van der Waals surface area (Å²) in [5, 5.41) is 1.53. The summed E-state index contributed by atoms with van der Waals surface area (Å²) in [7, 11) is -1.73. The molecule has 0 aromatic carbocycles. The maximum absolute atomic E-state index is 6.53. The van der Waals surface area contributed by atoms with E-state index >= 15 is 0 Å². The molecule has 0 amide bonds. The zero-order valence-electron chi connectivity index (χ0n) is 13.9. The number of hydrogen-bond donors (Lipinski definition) is 0. The van der Waals surface area contributed by atoms with Gasteiger partial charge in [0, 0.05) is 0 Å². The summed E-state index contributed by atoms with van der Waals surface area (Å²) in [6.07, 6.45) is 14.6. The molecule has 0 spiro atoms. The Kier molecular flexibility index (Phi) is 9.23. The Morgan fingerprint density at radius 1 is 1.27 bits per heavy atom. The zero-order valence-corrected chi connectivity index (χ0v) is 18.0. The van der Waals surface area contributed by atoms with Gasteiger partial charge in [0.1, 0.15) is 0 Å². The third-order valence-corrected chi connectivity index (χ3v) is 10.4. The second kappa shape index (κ2) is 9.06. The van der Waals surface area contributed by atoms with Crippen LogP contribution in [-0.4, -0.2) is 19.9 Å². The summed E-state index contributed by atoms with van der Waals surface area (Å²) in [6.45, 7) is 10.3. The summed E-state index contributed by atoms with van der Waals surface area (Å²) in [6, 6.07) is 0. The van der Waals surface area contributed by atoms with Crippen LogP contribution in [0.3, 0.4) is 0 Å². The van der Waals surface area contributed by atoms with Gasteiger partial charge >= 0.3 is 136 Å². The van der Waals surface area contributed by atoms with Crippen molar-refractivity contribution in [2.24, 2.45) is 0 Å². The van der Waals surface area contributed by atoms with Crippen molar-refractivity contribution >= 4 is 8.07 Å². The molecular formula is C17H25Cl2OSiTi. The largest absolute Gasteiger partial charge is 1.00 e. The molecule has 0 aromatic heterocycles. The van der Waals surface area contributed by atoms with Crippen LogP contribution in [0.4, 0.5) is 0 Å². The first-order valence-corrected chi connectivity index (χ1v) is 11.3. The van der Waals surface area contributed by atoms with Gasteiger partial charge in [-0.3, -0.25) is 0 Å². The van der Waals surface area contributed by atoms with Crippen molar-refractivity contribution in [2.45, 2.75) is 51.4 Å². The van der Waals surface area contributed by atoms with Crippen LogP contribution >= 0.6 is 0 Å². The Balaban J connectivity index is 0.00000220. The SMILES string of the molecule is CCCOC1([Si](C)(C)C2=[C]([Ti+2])CC=C2)CC=CC=C1C.[Cl-].[Cl-]. The molecule has 0 fully saturated rings. The van der Waals surface area contributed by atoms with Gasteiger partial charge in [-0.05, 0) is 0 Å². The van der Waals surface area contributed by atoms with Gasteiger partial charge in [-0.1, -0.05) is 0 Å². The molecule has 2 rings (SSSR count). The van der Waals surface area contributed by atoms with E-state index in [1.54, 1.807) is 9.07 Å². The van der Waals surface area contributed by atoms with Crippen molar-refractivity contribution in [1.82, 2.24) is 0 Å². The van der Waals surface area contributed by atoms with E-state index in [9.17, 15) is 0 Å². The molecule has 5 heteroatoms. The van der Waals surface area contributed by atoms with Crippen LogP contribution in [0.15, 0.2) is 45.0 Å². The van der Waals surface area contributed by atoms with Crippen molar-refractivity contribution in [2.75, 3.05) is 6.61 Å². The molecule has 0 aliphatic heterocycles. The molecule has 0 radical (unpaired) electrons. The van der Waals surface area contributed by atoms with Crippen LogP contribution in [0, 0.1) is 0 Å². The smallest absolute Gasteiger partial charge is 1.00 e. The number of rotatable bonds is 5. The molecule has 2 aliphatic carbocycles. The van der Waals surface area contributed by atoms with Crippen LogP contribution in [0.5, 0.6) is 0 Å². The van der Waals surface area contributed by atoms with Crippen molar-refractivity contribution in [3.05, 3.63) is 45.0 Å². The Hall–Kier alpha value is 0.431. The quantitative estimate of drug-likeness (QED) is 0.524. The monoisotopic (exact) mass is 391 g/mol. The summed E-state index contributed by atoms with van der Waals surface area (Å²) >= 11 is 2.29. The molecule has 2 aliphatic rings. The van der Waals surface area contributed by atoms with Crippen molar-refractivity contribution in [1.29, 1.82) is 0 Å². The van der Waals surface area contributed by atoms with Crippen molar-refractivity contribution in [3.63, 3.8) is 0 Å². The molecule has 121 valence electrons. The van der Waals surface area contributed by atoms with E-state index in [-0.39, 0.29) is 30.0 Å². The first-order chi connectivity index (χ1) is 9.45. The Labute approximate surface area is 160 Å². The normalized spacial score (nSPS) is 24.0. The van der Waals surface area contributed by atoms with E-state index in [4.69, 9.17) is 4.74 Å². The van der Waals surface area contributed by atoms with Gasteiger partial charge in [0.25, 0.3) is 0 Å². The summed E-state index contributed by atoms with van der Waals surface area (Å²) in [5.41, 5.74) is 1.41. The Bertz CT molecular complexity index is 509. The topological polar surface area (TPSA) is 9.23 Å². The van der Waals surface area contributed by atoms with E-state index in [2.05, 4.69) is 77.8 Å². The fourth-order valence-corrected chi connectivity index (χ4v) is 9.19. The van der Waals surface area contributed by atoms with Gasteiger partial charge in [-0.15, -0.1) is 0 Å². The third-order valence-electron chi connectivity index (χ3n) is 4.69. The minimum Gasteiger partial charge on any atom is -1.00 e. The van der Waals surface area contributed by atoms with Crippen LogP contribution in [0.1, 0.15) is 33.1 Å². The standard InChI is InChI=1S/C17H25OSi.2ClH.Ti/c1-5-14-18-17(13-9-8-10-15(17)2)19(3,4)16-11-6-7-12-16;;;/h6,8-11H,5,7,13-14H2,1-4H3;2*1H;/q;;;+2/p-2. The van der Waals surface area contributed by atoms with Gasteiger partial charge in [-0.2, -0.15) is 0 Å². The first-order valence-electron chi connectivity index (χ1n) is 7.55. The molecule has 0 saturated carbocycles. The second-order valence-corrected chi connectivity index (χ2v) is 11.8. The number of ether oxygens (including phenoxy) is 1. The minimum absolute atomic E-state index is 0. The molecule has 0 bridgehead atoms. The molecule has 1 atom stereocenters. The molecule has 22 heavy (non-hydrogen) atoms. The maximum Gasteiger partial charge on any atom is -1.00 e. The van der Waals surface area contributed by atoms with Gasteiger partial charge in [-0.25, -0.2) is 0 Å². The van der Waals surface area contributed by atoms with Crippen molar-refractivity contribution in [3.8, 4) is 0 Å². The predicted octanol–water partition coefficient (Wildman–Crippen LogP) is -1.39. The maximum atomic E-state index is 6.53. The van der Waals surface area contributed by atoms with Gasteiger partial charge in [0.05, 0.1) is 0 Å².